The summed E-state index contributed by atoms with van der Waals surface area (Å²) in [5.41, 5.74) is 5.99. The van der Waals surface area contributed by atoms with Crippen LogP contribution in [0.1, 0.15) is 11.1 Å². The average molecular weight is 435 g/mol. The molecule has 2 heterocycles. The van der Waals surface area contributed by atoms with Gasteiger partial charge in [0.05, 0.1) is 11.7 Å². The minimum absolute atomic E-state index is 0.377. The van der Waals surface area contributed by atoms with Crippen LogP contribution in [0.5, 0.6) is 0 Å². The molecule has 0 atom stereocenters. The molecular formula is C26H22N6O. The summed E-state index contributed by atoms with van der Waals surface area (Å²) in [6.07, 6.45) is 4.91. The van der Waals surface area contributed by atoms with Crippen molar-refractivity contribution < 1.29 is 4.79 Å². The Morgan fingerprint density at radius 3 is 2.76 bits per heavy atom. The maximum Gasteiger partial charge on any atom is 0.222 e. The number of rotatable bonds is 6. The van der Waals surface area contributed by atoms with Crippen molar-refractivity contribution in [2.24, 2.45) is 0 Å². The van der Waals surface area contributed by atoms with E-state index in [-0.39, 0.29) is 0 Å². The van der Waals surface area contributed by atoms with Crippen molar-refractivity contribution in [1.82, 2.24) is 20.2 Å². The highest BCUT2D eigenvalue weighted by Crippen LogP contribution is 2.35. The number of aryl methyl sites for hydroxylation is 1. The lowest BCUT2D eigenvalue weighted by Crippen LogP contribution is -1.99. The van der Waals surface area contributed by atoms with Crippen LogP contribution in [0.2, 0.25) is 0 Å². The van der Waals surface area contributed by atoms with E-state index in [1.807, 2.05) is 36.5 Å². The number of nitrogens with one attached hydrogen (secondary N) is 2. The zero-order valence-corrected chi connectivity index (χ0v) is 18.3. The lowest BCUT2D eigenvalue weighted by molar-refractivity contribution is -0.107. The SMILES string of the molecule is CNc1ncc2cc(-c3c(C)ccc4c(Nc5cccc(CC=O)c5)nncc34)ccc2n1. The molecule has 7 nitrogen and oxygen atoms in total. The van der Waals surface area contributed by atoms with Crippen LogP contribution in [0.3, 0.4) is 0 Å². The molecule has 0 spiro atoms. The van der Waals surface area contributed by atoms with Gasteiger partial charge >= 0.3 is 0 Å². The highest BCUT2D eigenvalue weighted by Gasteiger charge is 2.13. The fraction of sp³-hybridized carbons (Fsp3) is 0.115. The van der Waals surface area contributed by atoms with E-state index in [4.69, 9.17) is 0 Å². The quantitative estimate of drug-likeness (QED) is 0.360. The molecular weight excluding hydrogens is 412 g/mol. The number of nitrogens with zero attached hydrogens (tertiary/aromatic N) is 4. The lowest BCUT2D eigenvalue weighted by atomic mass is 9.94. The molecule has 5 rings (SSSR count). The van der Waals surface area contributed by atoms with Gasteiger partial charge in [0.15, 0.2) is 5.82 Å². The Balaban J connectivity index is 1.61. The van der Waals surface area contributed by atoms with Crippen molar-refractivity contribution in [1.29, 1.82) is 0 Å². The average Bonchev–Trinajstić information content (AvgIpc) is 2.84. The van der Waals surface area contributed by atoms with Crippen molar-refractivity contribution >= 4 is 45.4 Å². The summed E-state index contributed by atoms with van der Waals surface area (Å²) in [5, 5.41) is 17.9. The summed E-state index contributed by atoms with van der Waals surface area (Å²) >= 11 is 0. The van der Waals surface area contributed by atoms with E-state index in [2.05, 4.69) is 62.0 Å². The zero-order chi connectivity index (χ0) is 22.8. The zero-order valence-electron chi connectivity index (χ0n) is 18.3. The molecule has 0 saturated carbocycles. The molecule has 0 bridgehead atoms. The normalized spacial score (nSPS) is 11.0. The number of fused-ring (bicyclic) bond motifs is 2. The number of anilines is 3. The maximum absolute atomic E-state index is 10.9. The van der Waals surface area contributed by atoms with Gasteiger partial charge in [0.1, 0.15) is 6.29 Å². The monoisotopic (exact) mass is 434 g/mol. The van der Waals surface area contributed by atoms with Crippen LogP contribution in [0.15, 0.2) is 67.0 Å². The van der Waals surface area contributed by atoms with Crippen molar-refractivity contribution in [2.75, 3.05) is 17.7 Å². The first-order chi connectivity index (χ1) is 16.2. The molecule has 2 aromatic heterocycles. The van der Waals surface area contributed by atoms with E-state index in [1.54, 1.807) is 13.2 Å². The van der Waals surface area contributed by atoms with E-state index in [1.165, 1.54) is 0 Å². The van der Waals surface area contributed by atoms with Gasteiger partial charge in [-0.3, -0.25) is 0 Å². The summed E-state index contributed by atoms with van der Waals surface area (Å²) < 4.78 is 0. The standard InChI is InChI=1S/C26H22N6O/c1-16-6-8-21-22(15-29-32-25(21)30-20-5-3-4-17(12-20)10-11-33)24(16)18-7-9-23-19(13-18)14-28-26(27-2)31-23/h3-9,11-15H,10H2,1-2H3,(H,30,32)(H,27,28,31). The third-order valence-electron chi connectivity index (χ3n) is 5.65. The molecule has 33 heavy (non-hydrogen) atoms. The Bertz CT molecular complexity index is 1500. The van der Waals surface area contributed by atoms with E-state index in [0.717, 1.165) is 55.9 Å². The van der Waals surface area contributed by atoms with Gasteiger partial charge in [-0.1, -0.05) is 30.3 Å². The van der Waals surface area contributed by atoms with Crippen LogP contribution in [0, 0.1) is 6.92 Å². The van der Waals surface area contributed by atoms with Crippen LogP contribution in [0.4, 0.5) is 17.5 Å². The first-order valence-corrected chi connectivity index (χ1v) is 10.7. The Hall–Kier alpha value is -4.39. The summed E-state index contributed by atoms with van der Waals surface area (Å²) in [5.74, 6) is 1.26. The third kappa shape index (κ3) is 3.96. The summed E-state index contributed by atoms with van der Waals surface area (Å²) in [6.45, 7) is 2.09. The van der Waals surface area contributed by atoms with Crippen LogP contribution in [0.25, 0.3) is 32.8 Å². The topological polar surface area (TPSA) is 92.7 Å². The highest BCUT2D eigenvalue weighted by atomic mass is 16.1. The molecule has 2 N–H and O–H groups in total. The maximum atomic E-state index is 10.9. The van der Waals surface area contributed by atoms with Crippen molar-refractivity contribution in [2.45, 2.75) is 13.3 Å². The van der Waals surface area contributed by atoms with Crippen LogP contribution < -0.4 is 10.6 Å². The molecule has 3 aromatic carbocycles. The lowest BCUT2D eigenvalue weighted by Gasteiger charge is -2.14. The van der Waals surface area contributed by atoms with E-state index < -0.39 is 0 Å². The summed E-state index contributed by atoms with van der Waals surface area (Å²) in [7, 11) is 1.81. The molecule has 0 aliphatic carbocycles. The molecule has 0 aliphatic rings. The number of hydrogen-bond donors (Lipinski definition) is 2. The number of carbonyl (C=O) groups is 1. The second kappa shape index (κ2) is 8.63. The molecule has 0 unspecified atom stereocenters. The summed E-state index contributed by atoms with van der Waals surface area (Å²) in [6, 6.07) is 18.1. The van der Waals surface area contributed by atoms with Gasteiger partial charge in [-0.25, -0.2) is 9.97 Å². The van der Waals surface area contributed by atoms with E-state index >= 15 is 0 Å². The number of aromatic nitrogens is 4. The minimum Gasteiger partial charge on any atom is -0.357 e. The van der Waals surface area contributed by atoms with Crippen molar-refractivity contribution in [3.63, 3.8) is 0 Å². The van der Waals surface area contributed by atoms with Gasteiger partial charge in [0.2, 0.25) is 5.95 Å². The van der Waals surface area contributed by atoms with Gasteiger partial charge in [0, 0.05) is 41.5 Å². The largest absolute Gasteiger partial charge is 0.357 e. The predicted molar refractivity (Wildman–Crippen MR) is 132 cm³/mol. The number of carbonyl (C=O) groups excluding carboxylic acids is 1. The second-order valence-corrected chi connectivity index (χ2v) is 7.83. The number of benzene rings is 3. The third-order valence-corrected chi connectivity index (χ3v) is 5.65. The molecule has 0 fully saturated rings. The van der Waals surface area contributed by atoms with Crippen LogP contribution >= 0.6 is 0 Å². The molecule has 0 radical (unpaired) electrons. The van der Waals surface area contributed by atoms with Gasteiger partial charge in [-0.2, -0.15) is 5.10 Å². The first kappa shape index (κ1) is 20.5. The van der Waals surface area contributed by atoms with Crippen molar-refractivity contribution in [3.8, 4) is 11.1 Å². The number of hydrogen-bond acceptors (Lipinski definition) is 7. The second-order valence-electron chi connectivity index (χ2n) is 7.83. The fourth-order valence-corrected chi connectivity index (χ4v) is 4.06. The van der Waals surface area contributed by atoms with Crippen LogP contribution in [-0.2, 0) is 11.2 Å². The number of aldehydes is 1. The molecule has 0 aliphatic heterocycles. The van der Waals surface area contributed by atoms with Gasteiger partial charge in [0.25, 0.3) is 0 Å². The predicted octanol–water partition coefficient (Wildman–Crippen LogP) is 5.08. The minimum atomic E-state index is 0.377. The fourth-order valence-electron chi connectivity index (χ4n) is 4.06. The van der Waals surface area contributed by atoms with E-state index in [9.17, 15) is 4.79 Å². The van der Waals surface area contributed by atoms with Crippen LogP contribution in [-0.4, -0.2) is 33.5 Å². The molecule has 162 valence electrons. The molecule has 7 heteroatoms. The smallest absolute Gasteiger partial charge is 0.222 e. The Morgan fingerprint density at radius 1 is 1.00 bits per heavy atom. The Kier molecular flexibility index (Phi) is 5.36. The Morgan fingerprint density at radius 2 is 1.91 bits per heavy atom. The van der Waals surface area contributed by atoms with Gasteiger partial charge in [-0.05, 0) is 53.4 Å². The summed E-state index contributed by atoms with van der Waals surface area (Å²) in [4.78, 5) is 19.8. The van der Waals surface area contributed by atoms with E-state index in [0.29, 0.717) is 18.2 Å². The van der Waals surface area contributed by atoms with Gasteiger partial charge in [-0.15, -0.1) is 5.10 Å². The molecule has 0 amide bonds. The Labute approximate surface area is 190 Å². The first-order valence-electron chi connectivity index (χ1n) is 10.7. The molecule has 0 saturated heterocycles. The van der Waals surface area contributed by atoms with Gasteiger partial charge < -0.3 is 15.4 Å². The highest BCUT2D eigenvalue weighted by molar-refractivity contribution is 6.04. The van der Waals surface area contributed by atoms with Crippen molar-refractivity contribution in [3.05, 3.63) is 78.1 Å². The molecule has 5 aromatic rings.